The smallest absolute Gasteiger partial charge is 0.254 e. The van der Waals surface area contributed by atoms with E-state index in [1.807, 2.05) is 77.7 Å². The second-order valence-electron chi connectivity index (χ2n) is 10.4. The minimum Gasteiger partial charge on any atom is -0.369 e. The number of nitrogens with two attached hydrogens (primary N) is 1. The Morgan fingerprint density at radius 3 is 2.26 bits per heavy atom. The van der Waals surface area contributed by atoms with Gasteiger partial charge in [-0.25, -0.2) is 0 Å². The van der Waals surface area contributed by atoms with Crippen molar-refractivity contribution in [2.45, 2.75) is 43.1 Å². The molecule has 7 heteroatoms. The number of hydrogen-bond acceptors (Lipinski definition) is 3. The van der Waals surface area contributed by atoms with Crippen LogP contribution in [0, 0.1) is 5.92 Å². The minimum atomic E-state index is -1.05. The predicted octanol–water partition coefficient (Wildman–Crippen LogP) is 5.80. The summed E-state index contributed by atoms with van der Waals surface area (Å²) in [6, 6.07) is 24.8. The van der Waals surface area contributed by atoms with Gasteiger partial charge in [-0.1, -0.05) is 84.7 Å². The number of halogens is 2. The first-order valence-corrected chi connectivity index (χ1v) is 14.0. The number of rotatable bonds is 6. The highest BCUT2D eigenvalue weighted by Crippen LogP contribution is 2.58. The van der Waals surface area contributed by atoms with Crippen LogP contribution in [0.25, 0.3) is 0 Å². The molecule has 3 aromatic rings. The van der Waals surface area contributed by atoms with Gasteiger partial charge in [0.1, 0.15) is 0 Å². The van der Waals surface area contributed by atoms with E-state index in [0.29, 0.717) is 35.0 Å². The summed E-state index contributed by atoms with van der Waals surface area (Å²) in [7, 11) is 0. The molecule has 0 aliphatic carbocycles. The first-order valence-electron chi connectivity index (χ1n) is 13.2. The number of nitrogens with one attached hydrogen (secondary N) is 1. The normalized spacial score (nSPS) is 27.3. The van der Waals surface area contributed by atoms with Gasteiger partial charge >= 0.3 is 0 Å². The summed E-state index contributed by atoms with van der Waals surface area (Å²) in [5.41, 5.74) is 7.01. The molecule has 38 heavy (non-hydrogen) atoms. The molecule has 2 aliphatic heterocycles. The summed E-state index contributed by atoms with van der Waals surface area (Å²) < 4.78 is 0. The van der Waals surface area contributed by atoms with Gasteiger partial charge < -0.3 is 16.0 Å². The van der Waals surface area contributed by atoms with Gasteiger partial charge in [0.15, 0.2) is 0 Å². The SMILES string of the molecule is CCC1(C2CCNC2)C(c2ccc(Cl)c(Cl)c2)C(C(N)=O)(c2ccccc2)CCN1C(=O)c1ccccc1. The van der Waals surface area contributed by atoms with E-state index >= 15 is 0 Å². The van der Waals surface area contributed by atoms with E-state index in [1.54, 1.807) is 6.07 Å². The molecule has 5 rings (SSSR count). The van der Waals surface area contributed by atoms with Gasteiger partial charge in [0.2, 0.25) is 5.91 Å². The number of carbonyl (C=O) groups is 2. The summed E-state index contributed by atoms with van der Waals surface area (Å²) in [5.74, 6) is -0.769. The third-order valence-electron chi connectivity index (χ3n) is 8.83. The monoisotopic (exact) mass is 549 g/mol. The first-order chi connectivity index (χ1) is 18.4. The van der Waals surface area contributed by atoms with Crippen LogP contribution in [0.15, 0.2) is 78.9 Å². The van der Waals surface area contributed by atoms with Crippen molar-refractivity contribution in [1.82, 2.24) is 10.2 Å². The Hall–Kier alpha value is -2.86. The van der Waals surface area contributed by atoms with Crippen LogP contribution >= 0.6 is 23.2 Å². The van der Waals surface area contributed by atoms with Crippen LogP contribution in [0.3, 0.4) is 0 Å². The van der Waals surface area contributed by atoms with Crippen LogP contribution in [0.4, 0.5) is 0 Å². The molecule has 2 amide bonds. The highest BCUT2D eigenvalue weighted by Gasteiger charge is 2.64. The van der Waals surface area contributed by atoms with Crippen LogP contribution in [-0.2, 0) is 10.2 Å². The standard InChI is InChI=1S/C31H33Cl2N3O2/c1-2-31(24-15-17-35-20-24)27(22-13-14-25(32)26(33)19-22)30(29(34)38,23-11-7-4-8-12-23)16-18-36(31)28(37)21-9-5-3-6-10-21/h3-14,19,24,27,35H,2,15-18,20H2,1H3,(H2,34,38). The lowest BCUT2D eigenvalue weighted by Gasteiger charge is -2.61. The third-order valence-corrected chi connectivity index (χ3v) is 9.57. The Morgan fingerprint density at radius 1 is 1.00 bits per heavy atom. The quantitative estimate of drug-likeness (QED) is 0.407. The summed E-state index contributed by atoms with van der Waals surface area (Å²) in [5, 5.41) is 4.37. The fourth-order valence-corrected chi connectivity index (χ4v) is 7.50. The molecule has 5 nitrogen and oxygen atoms in total. The molecule has 198 valence electrons. The summed E-state index contributed by atoms with van der Waals surface area (Å²) >= 11 is 13.0. The van der Waals surface area contributed by atoms with E-state index in [2.05, 4.69) is 12.2 Å². The van der Waals surface area contributed by atoms with Crippen LogP contribution in [0.5, 0.6) is 0 Å². The number of benzene rings is 3. The van der Waals surface area contributed by atoms with Gasteiger partial charge in [0, 0.05) is 24.6 Å². The van der Waals surface area contributed by atoms with Crippen LogP contribution < -0.4 is 11.1 Å². The number of piperidine rings is 1. The maximum Gasteiger partial charge on any atom is 0.254 e. The Kier molecular flexibility index (Phi) is 7.54. The van der Waals surface area contributed by atoms with Gasteiger partial charge in [-0.2, -0.15) is 0 Å². The molecule has 2 heterocycles. The minimum absolute atomic E-state index is 0.0319. The van der Waals surface area contributed by atoms with Crippen LogP contribution in [0.2, 0.25) is 10.0 Å². The Labute approximate surface area is 234 Å². The number of hydrogen-bond donors (Lipinski definition) is 2. The molecular formula is C31H33Cl2N3O2. The van der Waals surface area contributed by atoms with Gasteiger partial charge in [-0.3, -0.25) is 9.59 Å². The van der Waals surface area contributed by atoms with Gasteiger partial charge in [-0.05, 0) is 67.1 Å². The molecule has 0 radical (unpaired) electrons. The number of likely N-dealkylation sites (tertiary alicyclic amines) is 1. The summed E-state index contributed by atoms with van der Waals surface area (Å²) in [6.45, 7) is 4.13. The lowest BCUT2D eigenvalue weighted by atomic mass is 9.51. The average molecular weight is 551 g/mol. The zero-order valence-electron chi connectivity index (χ0n) is 21.5. The van der Waals surface area contributed by atoms with E-state index < -0.39 is 22.8 Å². The predicted molar refractivity (Wildman–Crippen MR) is 153 cm³/mol. The Bertz CT molecular complexity index is 1310. The Morgan fingerprint density at radius 2 is 1.68 bits per heavy atom. The summed E-state index contributed by atoms with van der Waals surface area (Å²) in [4.78, 5) is 30.1. The van der Waals surface area contributed by atoms with Crippen LogP contribution in [0.1, 0.15) is 53.6 Å². The fraction of sp³-hybridized carbons (Fsp3) is 0.355. The largest absolute Gasteiger partial charge is 0.369 e. The second-order valence-corrected chi connectivity index (χ2v) is 11.2. The number of carbonyl (C=O) groups excluding carboxylic acids is 2. The zero-order valence-corrected chi connectivity index (χ0v) is 23.0. The van der Waals surface area contributed by atoms with E-state index in [4.69, 9.17) is 28.9 Å². The highest BCUT2D eigenvalue weighted by molar-refractivity contribution is 6.42. The van der Waals surface area contributed by atoms with Crippen molar-refractivity contribution < 1.29 is 9.59 Å². The van der Waals surface area contributed by atoms with Gasteiger partial charge in [0.05, 0.1) is 21.0 Å². The molecule has 0 aromatic heterocycles. The Balaban J connectivity index is 1.83. The second kappa shape index (κ2) is 10.7. The number of primary amides is 1. The molecule has 0 bridgehead atoms. The van der Waals surface area contributed by atoms with E-state index in [-0.39, 0.29) is 11.8 Å². The average Bonchev–Trinajstić information content (AvgIpc) is 3.50. The van der Waals surface area contributed by atoms with Crippen molar-refractivity contribution in [2.75, 3.05) is 19.6 Å². The summed E-state index contributed by atoms with van der Waals surface area (Å²) in [6.07, 6.45) is 1.93. The van der Waals surface area contributed by atoms with Crippen molar-refractivity contribution in [3.63, 3.8) is 0 Å². The molecule has 4 atom stereocenters. The maximum atomic E-state index is 14.3. The van der Waals surface area contributed by atoms with Crippen molar-refractivity contribution in [3.05, 3.63) is 106 Å². The van der Waals surface area contributed by atoms with Crippen molar-refractivity contribution in [2.24, 2.45) is 11.7 Å². The van der Waals surface area contributed by atoms with Gasteiger partial charge in [-0.15, -0.1) is 0 Å². The number of amides is 2. The van der Waals surface area contributed by atoms with Crippen LogP contribution in [-0.4, -0.2) is 41.9 Å². The topological polar surface area (TPSA) is 75.4 Å². The van der Waals surface area contributed by atoms with Crippen molar-refractivity contribution in [1.29, 1.82) is 0 Å². The maximum absolute atomic E-state index is 14.3. The van der Waals surface area contributed by atoms with E-state index in [9.17, 15) is 9.59 Å². The molecule has 3 N–H and O–H groups in total. The lowest BCUT2D eigenvalue weighted by Crippen LogP contribution is -2.70. The molecule has 2 aliphatic rings. The number of nitrogens with zero attached hydrogens (tertiary/aromatic N) is 1. The van der Waals surface area contributed by atoms with Gasteiger partial charge in [0.25, 0.3) is 5.91 Å². The molecular weight excluding hydrogens is 517 g/mol. The van der Waals surface area contributed by atoms with E-state index in [1.165, 1.54) is 0 Å². The molecule has 0 spiro atoms. The molecule has 2 saturated heterocycles. The third kappa shape index (κ3) is 4.21. The highest BCUT2D eigenvalue weighted by atomic mass is 35.5. The first kappa shape index (κ1) is 26.7. The lowest BCUT2D eigenvalue weighted by molar-refractivity contribution is -0.131. The van der Waals surface area contributed by atoms with E-state index in [0.717, 1.165) is 30.6 Å². The van der Waals surface area contributed by atoms with Crippen molar-refractivity contribution in [3.8, 4) is 0 Å². The fourth-order valence-electron chi connectivity index (χ4n) is 7.19. The zero-order chi connectivity index (χ0) is 26.9. The van der Waals surface area contributed by atoms with Crippen molar-refractivity contribution >= 4 is 35.0 Å². The molecule has 3 aromatic carbocycles. The molecule has 0 saturated carbocycles. The molecule has 4 unspecified atom stereocenters. The molecule has 2 fully saturated rings.